The Morgan fingerprint density at radius 1 is 1.53 bits per heavy atom. The molecule has 17 heavy (non-hydrogen) atoms. The van der Waals surface area contributed by atoms with Crippen LogP contribution in [0.3, 0.4) is 0 Å². The lowest BCUT2D eigenvalue weighted by molar-refractivity contribution is -0.0974. The van der Waals surface area contributed by atoms with Crippen LogP contribution in [-0.2, 0) is 22.9 Å². The maximum atomic E-state index is 11.8. The number of hydrogen-bond donors (Lipinski definition) is 1. The van der Waals surface area contributed by atoms with Crippen molar-refractivity contribution < 1.29 is 14.3 Å². The lowest BCUT2D eigenvalue weighted by Gasteiger charge is -2.13. The molecule has 1 N–H and O–H groups in total. The van der Waals surface area contributed by atoms with E-state index in [9.17, 15) is 4.79 Å². The second-order valence-corrected chi connectivity index (χ2v) is 3.61. The molecule has 1 aromatic heterocycles. The molecular formula is C11H19N3O3. The van der Waals surface area contributed by atoms with Crippen molar-refractivity contribution in [3.63, 3.8) is 0 Å². The second kappa shape index (κ2) is 6.36. The van der Waals surface area contributed by atoms with Gasteiger partial charge in [-0.1, -0.05) is 6.92 Å². The molecule has 0 spiro atoms. The molecule has 0 aromatic carbocycles. The van der Waals surface area contributed by atoms with E-state index in [-0.39, 0.29) is 5.91 Å². The predicted molar refractivity (Wildman–Crippen MR) is 62.7 cm³/mol. The molecule has 0 saturated heterocycles. The Balaban J connectivity index is 2.60. The van der Waals surface area contributed by atoms with Crippen molar-refractivity contribution >= 4 is 5.91 Å². The SMILES string of the molecule is CCc1cc(C(=O)NCC(OC)OC)n(C)n1. The maximum absolute atomic E-state index is 11.8. The van der Waals surface area contributed by atoms with Gasteiger partial charge in [0.2, 0.25) is 0 Å². The van der Waals surface area contributed by atoms with Crippen molar-refractivity contribution in [2.24, 2.45) is 7.05 Å². The number of ether oxygens (including phenoxy) is 2. The van der Waals surface area contributed by atoms with Crippen LogP contribution in [0.5, 0.6) is 0 Å². The molecule has 0 atom stereocenters. The number of methoxy groups -OCH3 is 2. The molecule has 0 radical (unpaired) electrons. The molecule has 0 unspecified atom stereocenters. The van der Waals surface area contributed by atoms with Crippen LogP contribution in [-0.4, -0.2) is 42.7 Å². The molecule has 1 amide bonds. The van der Waals surface area contributed by atoms with Gasteiger partial charge in [-0.15, -0.1) is 0 Å². The molecule has 96 valence electrons. The minimum atomic E-state index is -0.433. The average Bonchev–Trinajstić information content (AvgIpc) is 2.71. The van der Waals surface area contributed by atoms with Crippen LogP contribution in [0.1, 0.15) is 23.1 Å². The van der Waals surface area contributed by atoms with Gasteiger partial charge in [0, 0.05) is 21.3 Å². The number of nitrogens with zero attached hydrogens (tertiary/aromatic N) is 2. The first kappa shape index (κ1) is 13.7. The van der Waals surface area contributed by atoms with Crippen molar-refractivity contribution in [1.82, 2.24) is 15.1 Å². The highest BCUT2D eigenvalue weighted by atomic mass is 16.7. The van der Waals surface area contributed by atoms with E-state index < -0.39 is 6.29 Å². The van der Waals surface area contributed by atoms with Crippen LogP contribution >= 0.6 is 0 Å². The highest BCUT2D eigenvalue weighted by Crippen LogP contribution is 2.03. The summed E-state index contributed by atoms with van der Waals surface area (Å²) in [6.45, 7) is 2.30. The molecule has 0 bridgehead atoms. The Labute approximate surface area is 101 Å². The second-order valence-electron chi connectivity index (χ2n) is 3.61. The van der Waals surface area contributed by atoms with E-state index in [0.717, 1.165) is 12.1 Å². The lowest BCUT2D eigenvalue weighted by atomic mass is 10.3. The van der Waals surface area contributed by atoms with Crippen LogP contribution in [0.25, 0.3) is 0 Å². The van der Waals surface area contributed by atoms with Crippen LogP contribution in [0, 0.1) is 0 Å². The van der Waals surface area contributed by atoms with Crippen LogP contribution in [0.15, 0.2) is 6.07 Å². The Morgan fingerprint density at radius 3 is 2.65 bits per heavy atom. The molecule has 1 rings (SSSR count). The number of rotatable bonds is 6. The first-order valence-electron chi connectivity index (χ1n) is 5.49. The van der Waals surface area contributed by atoms with Gasteiger partial charge in [0.1, 0.15) is 5.69 Å². The fraction of sp³-hybridized carbons (Fsp3) is 0.636. The van der Waals surface area contributed by atoms with Gasteiger partial charge < -0.3 is 14.8 Å². The average molecular weight is 241 g/mol. The lowest BCUT2D eigenvalue weighted by Crippen LogP contribution is -2.35. The highest BCUT2D eigenvalue weighted by Gasteiger charge is 2.14. The number of carbonyl (C=O) groups is 1. The number of amides is 1. The van der Waals surface area contributed by atoms with Gasteiger partial charge in [-0.2, -0.15) is 5.10 Å². The molecule has 0 saturated carbocycles. The summed E-state index contributed by atoms with van der Waals surface area (Å²) in [4.78, 5) is 11.8. The van der Waals surface area contributed by atoms with Crippen molar-refractivity contribution in [1.29, 1.82) is 0 Å². The Morgan fingerprint density at radius 2 is 2.18 bits per heavy atom. The summed E-state index contributed by atoms with van der Waals surface area (Å²) in [6, 6.07) is 1.78. The molecule has 1 heterocycles. The van der Waals surface area contributed by atoms with Crippen LogP contribution < -0.4 is 5.32 Å². The molecule has 1 aromatic rings. The van der Waals surface area contributed by atoms with E-state index in [0.29, 0.717) is 12.2 Å². The minimum absolute atomic E-state index is 0.182. The number of nitrogens with one attached hydrogen (secondary N) is 1. The van der Waals surface area contributed by atoms with Gasteiger partial charge >= 0.3 is 0 Å². The number of aryl methyl sites for hydroxylation is 2. The maximum Gasteiger partial charge on any atom is 0.269 e. The third kappa shape index (κ3) is 3.54. The molecule has 6 heteroatoms. The number of hydrogen-bond acceptors (Lipinski definition) is 4. The standard InChI is InChI=1S/C11H19N3O3/c1-5-8-6-9(14(2)13-8)11(15)12-7-10(16-3)17-4/h6,10H,5,7H2,1-4H3,(H,12,15). The fourth-order valence-electron chi connectivity index (χ4n) is 1.44. The van der Waals surface area contributed by atoms with Gasteiger partial charge in [-0.3, -0.25) is 9.48 Å². The topological polar surface area (TPSA) is 65.4 Å². The summed E-state index contributed by atoms with van der Waals surface area (Å²) in [5.41, 5.74) is 1.43. The molecular weight excluding hydrogens is 222 g/mol. The molecule has 0 aliphatic heterocycles. The van der Waals surface area contributed by atoms with Crippen LogP contribution in [0.2, 0.25) is 0 Å². The first-order valence-corrected chi connectivity index (χ1v) is 5.49. The van der Waals surface area contributed by atoms with E-state index in [4.69, 9.17) is 9.47 Å². The highest BCUT2D eigenvalue weighted by molar-refractivity contribution is 5.92. The van der Waals surface area contributed by atoms with E-state index in [1.165, 1.54) is 14.2 Å². The van der Waals surface area contributed by atoms with Gasteiger partial charge in [0.05, 0.1) is 12.2 Å². The van der Waals surface area contributed by atoms with Crippen molar-refractivity contribution in [2.45, 2.75) is 19.6 Å². The zero-order valence-corrected chi connectivity index (χ0v) is 10.7. The summed E-state index contributed by atoms with van der Waals surface area (Å²) in [5.74, 6) is -0.182. The quantitative estimate of drug-likeness (QED) is 0.729. The predicted octanol–water partition coefficient (Wildman–Crippen LogP) is 0.331. The summed E-state index contributed by atoms with van der Waals surface area (Å²) in [5, 5.41) is 6.94. The van der Waals surface area contributed by atoms with Crippen LogP contribution in [0.4, 0.5) is 0 Å². The summed E-state index contributed by atoms with van der Waals surface area (Å²) >= 11 is 0. The Kier molecular flexibility index (Phi) is 5.11. The van der Waals surface area contributed by atoms with Gasteiger partial charge in [-0.05, 0) is 12.5 Å². The largest absolute Gasteiger partial charge is 0.354 e. The van der Waals surface area contributed by atoms with Crippen molar-refractivity contribution in [2.75, 3.05) is 20.8 Å². The Hall–Kier alpha value is -1.40. The summed E-state index contributed by atoms with van der Waals surface area (Å²) < 4.78 is 11.5. The van der Waals surface area contributed by atoms with Crippen molar-refractivity contribution in [3.8, 4) is 0 Å². The van der Waals surface area contributed by atoms with E-state index in [2.05, 4.69) is 10.4 Å². The number of carbonyl (C=O) groups excluding carboxylic acids is 1. The zero-order valence-electron chi connectivity index (χ0n) is 10.7. The first-order chi connectivity index (χ1) is 8.12. The van der Waals surface area contributed by atoms with Gasteiger partial charge in [-0.25, -0.2) is 0 Å². The summed E-state index contributed by atoms with van der Waals surface area (Å²) in [6.07, 6.45) is 0.373. The third-order valence-electron chi connectivity index (χ3n) is 2.48. The third-order valence-corrected chi connectivity index (χ3v) is 2.48. The normalized spacial score (nSPS) is 10.9. The van der Waals surface area contributed by atoms with E-state index in [1.807, 2.05) is 6.92 Å². The number of aromatic nitrogens is 2. The van der Waals surface area contributed by atoms with E-state index in [1.54, 1.807) is 17.8 Å². The summed E-state index contributed by atoms with van der Waals surface area (Å²) in [7, 11) is 4.80. The van der Waals surface area contributed by atoms with Crippen molar-refractivity contribution in [3.05, 3.63) is 17.5 Å². The molecule has 6 nitrogen and oxygen atoms in total. The molecule has 0 aliphatic carbocycles. The fourth-order valence-corrected chi connectivity index (χ4v) is 1.44. The van der Waals surface area contributed by atoms with Gasteiger partial charge in [0.25, 0.3) is 5.91 Å². The minimum Gasteiger partial charge on any atom is -0.354 e. The Bertz CT molecular complexity index is 372. The molecule has 0 fully saturated rings. The zero-order chi connectivity index (χ0) is 12.8. The smallest absolute Gasteiger partial charge is 0.269 e. The monoisotopic (exact) mass is 241 g/mol. The molecule has 0 aliphatic rings. The van der Waals surface area contributed by atoms with Gasteiger partial charge in [0.15, 0.2) is 6.29 Å². The van der Waals surface area contributed by atoms with E-state index >= 15 is 0 Å².